The average Bonchev–Trinajstić information content (AvgIpc) is 2.36. The summed E-state index contributed by atoms with van der Waals surface area (Å²) in [5, 5.41) is 2.89. The smallest absolute Gasteiger partial charge is 0.226 e. The van der Waals surface area contributed by atoms with Gasteiger partial charge in [0, 0.05) is 19.8 Å². The monoisotopic (exact) mass is 155 g/mol. The van der Waals surface area contributed by atoms with Gasteiger partial charge in [-0.25, -0.2) is 0 Å². The van der Waals surface area contributed by atoms with Crippen LogP contribution in [0.2, 0.25) is 0 Å². The van der Waals surface area contributed by atoms with E-state index in [9.17, 15) is 4.79 Å². The Morgan fingerprint density at radius 3 is 2.55 bits per heavy atom. The lowest BCUT2D eigenvalue weighted by atomic mass is 9.79. The lowest BCUT2D eigenvalue weighted by Gasteiger charge is -2.29. The summed E-state index contributed by atoms with van der Waals surface area (Å²) in [7, 11) is 0. The summed E-state index contributed by atoms with van der Waals surface area (Å²) >= 11 is 0. The number of ether oxygens (including phenoxy) is 1. The van der Waals surface area contributed by atoms with Gasteiger partial charge >= 0.3 is 0 Å². The molecule has 2 heterocycles. The quantitative estimate of drug-likeness (QED) is 0.546. The summed E-state index contributed by atoms with van der Waals surface area (Å²) in [4.78, 5) is 11.4. The molecule has 2 aliphatic rings. The maximum absolute atomic E-state index is 11.4. The van der Waals surface area contributed by atoms with Crippen molar-refractivity contribution in [1.82, 2.24) is 5.32 Å². The van der Waals surface area contributed by atoms with Crippen LogP contribution < -0.4 is 5.32 Å². The van der Waals surface area contributed by atoms with Crippen molar-refractivity contribution in [3.05, 3.63) is 0 Å². The molecule has 3 nitrogen and oxygen atoms in total. The molecule has 0 saturated carbocycles. The molecule has 62 valence electrons. The summed E-state index contributed by atoms with van der Waals surface area (Å²) in [5.74, 6) is 0.251. The van der Waals surface area contributed by atoms with Gasteiger partial charge in [-0.1, -0.05) is 0 Å². The van der Waals surface area contributed by atoms with Crippen LogP contribution >= 0.6 is 0 Å². The zero-order valence-electron chi connectivity index (χ0n) is 6.56. The minimum atomic E-state index is -0.0434. The van der Waals surface area contributed by atoms with E-state index >= 15 is 0 Å². The first kappa shape index (κ1) is 7.10. The third-order valence-corrected chi connectivity index (χ3v) is 2.82. The molecule has 2 fully saturated rings. The molecule has 0 bridgehead atoms. The number of rotatable bonds is 0. The van der Waals surface area contributed by atoms with Crippen LogP contribution in [0.15, 0.2) is 0 Å². The van der Waals surface area contributed by atoms with Crippen LogP contribution in [0.3, 0.4) is 0 Å². The van der Waals surface area contributed by atoms with Crippen molar-refractivity contribution in [3.8, 4) is 0 Å². The van der Waals surface area contributed by atoms with Crippen molar-refractivity contribution in [1.29, 1.82) is 0 Å². The predicted octanol–water partition coefficient (Wildman–Crippen LogP) is 0.303. The van der Waals surface area contributed by atoms with Crippen molar-refractivity contribution in [2.75, 3.05) is 19.8 Å². The third kappa shape index (κ3) is 1.03. The van der Waals surface area contributed by atoms with Crippen LogP contribution in [-0.4, -0.2) is 25.7 Å². The van der Waals surface area contributed by atoms with Crippen LogP contribution in [-0.2, 0) is 9.53 Å². The molecule has 0 unspecified atom stereocenters. The molecule has 0 aliphatic carbocycles. The van der Waals surface area contributed by atoms with Crippen LogP contribution in [0.5, 0.6) is 0 Å². The molecule has 11 heavy (non-hydrogen) atoms. The van der Waals surface area contributed by atoms with E-state index in [2.05, 4.69) is 5.32 Å². The lowest BCUT2D eigenvalue weighted by molar-refractivity contribution is -0.132. The Bertz CT molecular complexity index is 173. The van der Waals surface area contributed by atoms with Crippen molar-refractivity contribution >= 4 is 5.91 Å². The van der Waals surface area contributed by atoms with Crippen molar-refractivity contribution in [2.24, 2.45) is 5.41 Å². The van der Waals surface area contributed by atoms with Gasteiger partial charge in [0.1, 0.15) is 0 Å². The highest BCUT2D eigenvalue weighted by Crippen LogP contribution is 2.36. The van der Waals surface area contributed by atoms with E-state index < -0.39 is 0 Å². The highest BCUT2D eigenvalue weighted by Gasteiger charge is 2.42. The minimum absolute atomic E-state index is 0.0434. The Balaban J connectivity index is 2.12. The van der Waals surface area contributed by atoms with Gasteiger partial charge in [0.05, 0.1) is 5.41 Å². The van der Waals surface area contributed by atoms with Gasteiger partial charge in [-0.2, -0.15) is 0 Å². The standard InChI is InChI=1S/C8H13NO2/c10-7-8(1-4-9-7)2-5-11-6-3-8/h1-6H2,(H,9,10). The highest BCUT2D eigenvalue weighted by atomic mass is 16.5. The topological polar surface area (TPSA) is 38.3 Å². The normalized spacial score (nSPS) is 28.9. The zero-order valence-corrected chi connectivity index (χ0v) is 6.56. The predicted molar refractivity (Wildman–Crippen MR) is 40.1 cm³/mol. The maximum atomic E-state index is 11.4. The number of carbonyl (C=O) groups excluding carboxylic acids is 1. The number of amides is 1. The lowest BCUT2D eigenvalue weighted by Crippen LogP contribution is -2.36. The Morgan fingerprint density at radius 1 is 1.27 bits per heavy atom. The molecule has 0 atom stereocenters. The molecule has 3 heteroatoms. The van der Waals surface area contributed by atoms with Crippen molar-refractivity contribution < 1.29 is 9.53 Å². The van der Waals surface area contributed by atoms with Gasteiger partial charge in [-0.3, -0.25) is 4.79 Å². The van der Waals surface area contributed by atoms with Gasteiger partial charge < -0.3 is 10.1 Å². The van der Waals surface area contributed by atoms with Crippen LogP contribution in [0.1, 0.15) is 19.3 Å². The van der Waals surface area contributed by atoms with E-state index in [0.29, 0.717) is 0 Å². The second kappa shape index (κ2) is 2.48. The fourth-order valence-corrected chi connectivity index (χ4v) is 1.96. The average molecular weight is 155 g/mol. The summed E-state index contributed by atoms with van der Waals surface area (Å²) < 4.78 is 5.22. The molecule has 2 rings (SSSR count). The second-order valence-electron chi connectivity index (χ2n) is 3.40. The first-order chi connectivity index (χ1) is 5.33. The molecule has 0 aromatic heterocycles. The van der Waals surface area contributed by atoms with Crippen LogP contribution in [0, 0.1) is 5.41 Å². The van der Waals surface area contributed by atoms with Gasteiger partial charge in [0.15, 0.2) is 0 Å². The molecule has 0 aromatic rings. The summed E-state index contributed by atoms with van der Waals surface area (Å²) in [6, 6.07) is 0. The molecule has 0 radical (unpaired) electrons. The van der Waals surface area contributed by atoms with E-state index in [0.717, 1.165) is 39.0 Å². The van der Waals surface area contributed by atoms with E-state index in [-0.39, 0.29) is 11.3 Å². The van der Waals surface area contributed by atoms with Gasteiger partial charge in [0.25, 0.3) is 0 Å². The summed E-state index contributed by atoms with van der Waals surface area (Å²) in [5.41, 5.74) is -0.0434. The minimum Gasteiger partial charge on any atom is -0.381 e. The fraction of sp³-hybridized carbons (Fsp3) is 0.875. The number of carbonyl (C=O) groups is 1. The first-order valence-corrected chi connectivity index (χ1v) is 4.20. The molecule has 1 amide bonds. The highest BCUT2D eigenvalue weighted by molar-refractivity contribution is 5.84. The number of hydrogen-bond donors (Lipinski definition) is 1. The summed E-state index contributed by atoms with van der Waals surface area (Å²) in [6.45, 7) is 2.37. The largest absolute Gasteiger partial charge is 0.381 e. The fourth-order valence-electron chi connectivity index (χ4n) is 1.96. The zero-order chi connectivity index (χ0) is 7.73. The molecule has 2 aliphatic heterocycles. The van der Waals surface area contributed by atoms with Gasteiger partial charge in [0.2, 0.25) is 5.91 Å². The van der Waals surface area contributed by atoms with Crippen molar-refractivity contribution in [2.45, 2.75) is 19.3 Å². The van der Waals surface area contributed by atoms with Crippen LogP contribution in [0.25, 0.3) is 0 Å². The van der Waals surface area contributed by atoms with E-state index in [1.807, 2.05) is 0 Å². The third-order valence-electron chi connectivity index (χ3n) is 2.82. The van der Waals surface area contributed by atoms with Gasteiger partial charge in [-0.15, -0.1) is 0 Å². The van der Waals surface area contributed by atoms with Crippen molar-refractivity contribution in [3.63, 3.8) is 0 Å². The molecule has 1 N–H and O–H groups in total. The Labute approximate surface area is 66.1 Å². The van der Waals surface area contributed by atoms with E-state index in [1.165, 1.54) is 0 Å². The summed E-state index contributed by atoms with van der Waals surface area (Å²) in [6.07, 6.45) is 2.84. The van der Waals surface area contributed by atoms with Crippen LogP contribution in [0.4, 0.5) is 0 Å². The number of hydrogen-bond acceptors (Lipinski definition) is 2. The number of nitrogens with one attached hydrogen (secondary N) is 1. The Hall–Kier alpha value is -0.570. The second-order valence-corrected chi connectivity index (χ2v) is 3.40. The molecule has 1 spiro atoms. The first-order valence-electron chi connectivity index (χ1n) is 4.20. The van der Waals surface area contributed by atoms with E-state index in [4.69, 9.17) is 4.74 Å². The Morgan fingerprint density at radius 2 is 2.00 bits per heavy atom. The molecule has 0 aromatic carbocycles. The van der Waals surface area contributed by atoms with E-state index in [1.54, 1.807) is 0 Å². The molecule has 2 saturated heterocycles. The van der Waals surface area contributed by atoms with Gasteiger partial charge in [-0.05, 0) is 19.3 Å². The SMILES string of the molecule is O=C1NCCC12CCOCC2. The Kier molecular flexibility index (Phi) is 1.60. The molecular formula is C8H13NO2. The molecular weight excluding hydrogens is 142 g/mol. The maximum Gasteiger partial charge on any atom is 0.226 e.